The fraction of sp³-hybridized carbons (Fsp3) is 0. The molecule has 3 aromatic carbocycles. The molecule has 0 unspecified atom stereocenters. The van der Waals surface area contributed by atoms with E-state index < -0.39 is 22.2 Å². The topological polar surface area (TPSA) is 132 Å². The van der Waals surface area contributed by atoms with Gasteiger partial charge < -0.3 is 9.15 Å². The van der Waals surface area contributed by atoms with Crippen LogP contribution in [0.25, 0.3) is 17.0 Å². The maximum Gasteiger partial charge on any atom is 0.270 e. The SMILES string of the molecule is O=C1NC(=S)N(c2ccc(Oc3ccccc3)cc2)C(=O)C1=Cc1coc2ccc([N+](=O)[O-])cc2c1=O. The third-order valence-electron chi connectivity index (χ3n) is 5.47. The summed E-state index contributed by atoms with van der Waals surface area (Å²) in [4.78, 5) is 50.5. The van der Waals surface area contributed by atoms with Crippen LogP contribution in [0.3, 0.4) is 0 Å². The second kappa shape index (κ2) is 9.47. The molecule has 0 aliphatic carbocycles. The van der Waals surface area contributed by atoms with E-state index in [0.29, 0.717) is 17.2 Å². The highest BCUT2D eigenvalue weighted by Crippen LogP contribution is 2.27. The van der Waals surface area contributed by atoms with Crippen molar-refractivity contribution in [2.75, 3.05) is 4.90 Å². The van der Waals surface area contributed by atoms with E-state index in [9.17, 15) is 24.5 Å². The van der Waals surface area contributed by atoms with Crippen molar-refractivity contribution in [1.29, 1.82) is 0 Å². The van der Waals surface area contributed by atoms with Gasteiger partial charge in [0, 0.05) is 12.1 Å². The summed E-state index contributed by atoms with van der Waals surface area (Å²) in [5.74, 6) is -0.400. The number of thiocarbonyl (C=S) groups is 1. The smallest absolute Gasteiger partial charge is 0.270 e. The minimum Gasteiger partial charge on any atom is -0.463 e. The van der Waals surface area contributed by atoms with E-state index in [4.69, 9.17) is 21.4 Å². The van der Waals surface area contributed by atoms with Crippen molar-refractivity contribution >= 4 is 57.6 Å². The Morgan fingerprint density at radius 2 is 1.68 bits per heavy atom. The maximum absolute atomic E-state index is 13.3. The molecular weight excluding hydrogens is 498 g/mol. The molecule has 0 radical (unpaired) electrons. The van der Waals surface area contributed by atoms with E-state index in [0.717, 1.165) is 23.3 Å². The summed E-state index contributed by atoms with van der Waals surface area (Å²) >= 11 is 5.22. The summed E-state index contributed by atoms with van der Waals surface area (Å²) in [5.41, 5.74) is -0.950. The molecule has 2 amide bonds. The van der Waals surface area contributed by atoms with Crippen LogP contribution in [-0.2, 0) is 9.59 Å². The van der Waals surface area contributed by atoms with Gasteiger partial charge in [-0.25, -0.2) is 0 Å². The number of amides is 2. The van der Waals surface area contributed by atoms with Crippen LogP contribution < -0.4 is 20.4 Å². The van der Waals surface area contributed by atoms with Gasteiger partial charge in [-0.3, -0.25) is 34.7 Å². The van der Waals surface area contributed by atoms with Crippen molar-refractivity contribution in [3.05, 3.63) is 111 Å². The minimum atomic E-state index is -0.797. The normalized spacial score (nSPS) is 14.6. The van der Waals surface area contributed by atoms with Gasteiger partial charge in [0.05, 0.1) is 21.6 Å². The maximum atomic E-state index is 13.3. The largest absolute Gasteiger partial charge is 0.463 e. The summed E-state index contributed by atoms with van der Waals surface area (Å²) in [6.45, 7) is 0. The molecule has 1 saturated heterocycles. The van der Waals surface area contributed by atoms with Crippen LogP contribution in [0.5, 0.6) is 11.5 Å². The van der Waals surface area contributed by atoms with Crippen LogP contribution >= 0.6 is 12.2 Å². The Morgan fingerprint density at radius 3 is 2.38 bits per heavy atom. The van der Waals surface area contributed by atoms with Crippen LogP contribution in [0.1, 0.15) is 5.56 Å². The molecule has 2 heterocycles. The fourth-order valence-electron chi connectivity index (χ4n) is 3.68. The van der Waals surface area contributed by atoms with Crippen molar-refractivity contribution < 1.29 is 23.7 Å². The molecule has 1 aliphatic rings. The molecule has 0 bridgehead atoms. The molecular formula is C26H15N3O7S. The van der Waals surface area contributed by atoms with E-state index in [1.807, 2.05) is 18.2 Å². The molecule has 5 rings (SSSR count). The number of rotatable bonds is 5. The lowest BCUT2D eigenvalue weighted by molar-refractivity contribution is -0.384. The number of ether oxygens (including phenoxy) is 1. The van der Waals surface area contributed by atoms with E-state index in [1.165, 1.54) is 12.1 Å². The van der Waals surface area contributed by atoms with E-state index in [-0.39, 0.29) is 32.9 Å². The predicted molar refractivity (Wildman–Crippen MR) is 138 cm³/mol. The lowest BCUT2D eigenvalue weighted by atomic mass is 10.1. The Balaban J connectivity index is 1.48. The third-order valence-corrected chi connectivity index (χ3v) is 5.75. The average Bonchev–Trinajstić information content (AvgIpc) is 2.89. The molecule has 1 N–H and O–H groups in total. The van der Waals surface area contributed by atoms with Crippen molar-refractivity contribution in [1.82, 2.24) is 5.32 Å². The van der Waals surface area contributed by atoms with Crippen LogP contribution in [0, 0.1) is 10.1 Å². The van der Waals surface area contributed by atoms with Crippen LogP contribution in [0.2, 0.25) is 0 Å². The Kier molecular flexibility index (Phi) is 6.04. The monoisotopic (exact) mass is 513 g/mol. The number of carbonyl (C=O) groups is 2. The number of benzene rings is 3. The van der Waals surface area contributed by atoms with Crippen molar-refractivity contribution in [3.8, 4) is 11.5 Å². The van der Waals surface area contributed by atoms with Gasteiger partial charge in [-0.05, 0) is 60.8 Å². The average molecular weight is 513 g/mol. The third kappa shape index (κ3) is 4.58. The van der Waals surface area contributed by atoms with Crippen molar-refractivity contribution in [2.45, 2.75) is 0 Å². The van der Waals surface area contributed by atoms with Gasteiger partial charge in [-0.2, -0.15) is 0 Å². The summed E-state index contributed by atoms with van der Waals surface area (Å²) in [5, 5.41) is 13.3. The number of non-ortho nitro benzene ring substituents is 1. The van der Waals surface area contributed by atoms with Gasteiger partial charge in [0.15, 0.2) is 10.5 Å². The highest BCUT2D eigenvalue weighted by Gasteiger charge is 2.34. The zero-order valence-corrected chi connectivity index (χ0v) is 19.6. The summed E-state index contributed by atoms with van der Waals surface area (Å²) in [7, 11) is 0. The Morgan fingerprint density at radius 1 is 0.973 bits per heavy atom. The molecule has 1 aliphatic heterocycles. The number of carbonyl (C=O) groups excluding carboxylic acids is 2. The molecule has 1 fully saturated rings. The number of nitrogens with zero attached hydrogens (tertiary/aromatic N) is 2. The van der Waals surface area contributed by atoms with Crippen molar-refractivity contribution in [3.63, 3.8) is 0 Å². The van der Waals surface area contributed by atoms with Gasteiger partial charge in [-0.1, -0.05) is 18.2 Å². The van der Waals surface area contributed by atoms with Crippen LogP contribution in [-0.4, -0.2) is 21.9 Å². The number of para-hydroxylation sites is 1. The van der Waals surface area contributed by atoms with Crippen LogP contribution in [0.15, 0.2) is 93.8 Å². The Labute approximate surface area is 213 Å². The first-order valence-corrected chi connectivity index (χ1v) is 11.2. The first-order chi connectivity index (χ1) is 17.8. The van der Waals surface area contributed by atoms with Crippen molar-refractivity contribution in [2.24, 2.45) is 0 Å². The van der Waals surface area contributed by atoms with E-state index >= 15 is 0 Å². The lowest BCUT2D eigenvalue weighted by Crippen LogP contribution is -2.54. The molecule has 4 aromatic rings. The molecule has 0 atom stereocenters. The number of fused-ring (bicyclic) bond motifs is 1. The molecule has 10 nitrogen and oxygen atoms in total. The van der Waals surface area contributed by atoms with Gasteiger partial charge in [0.2, 0.25) is 0 Å². The van der Waals surface area contributed by atoms with Crippen LogP contribution in [0.4, 0.5) is 11.4 Å². The number of hydrogen-bond donors (Lipinski definition) is 1. The summed E-state index contributed by atoms with van der Waals surface area (Å²) < 4.78 is 11.2. The Bertz CT molecular complexity index is 1680. The van der Waals surface area contributed by atoms with E-state index in [2.05, 4.69) is 5.32 Å². The highest BCUT2D eigenvalue weighted by molar-refractivity contribution is 7.80. The molecule has 37 heavy (non-hydrogen) atoms. The summed E-state index contributed by atoms with van der Waals surface area (Å²) in [6.07, 6.45) is 2.15. The number of nitro benzene ring substituents is 1. The standard InChI is InChI=1S/C26H15N3O7S/c30-23-15(14-35-22-11-8-17(29(33)34)13-20(22)23)12-21-24(31)27-26(37)28(25(21)32)16-6-9-19(10-7-16)36-18-4-2-1-3-5-18/h1-14H,(H,27,31,37). The second-order valence-electron chi connectivity index (χ2n) is 7.82. The second-order valence-corrected chi connectivity index (χ2v) is 8.21. The van der Waals surface area contributed by atoms with Gasteiger partial charge >= 0.3 is 0 Å². The van der Waals surface area contributed by atoms with E-state index in [1.54, 1.807) is 36.4 Å². The number of nitrogens with one attached hydrogen (secondary N) is 1. The van der Waals surface area contributed by atoms with Gasteiger partial charge in [0.1, 0.15) is 28.9 Å². The molecule has 1 aromatic heterocycles. The zero-order valence-electron chi connectivity index (χ0n) is 18.7. The zero-order chi connectivity index (χ0) is 26.1. The first kappa shape index (κ1) is 23.6. The quantitative estimate of drug-likeness (QED) is 0.137. The van der Waals surface area contributed by atoms with Gasteiger partial charge in [0.25, 0.3) is 17.5 Å². The number of hydrogen-bond acceptors (Lipinski definition) is 8. The lowest BCUT2D eigenvalue weighted by Gasteiger charge is -2.29. The number of anilines is 1. The molecule has 182 valence electrons. The van der Waals surface area contributed by atoms with Gasteiger partial charge in [-0.15, -0.1) is 0 Å². The number of nitro groups is 1. The minimum absolute atomic E-state index is 0.0615. The Hall–Kier alpha value is -5.16. The highest BCUT2D eigenvalue weighted by atomic mass is 32.1. The summed E-state index contributed by atoms with van der Waals surface area (Å²) in [6, 6.07) is 19.2. The molecule has 0 saturated carbocycles. The predicted octanol–water partition coefficient (Wildman–Crippen LogP) is 4.32. The molecule has 11 heteroatoms. The fourth-order valence-corrected chi connectivity index (χ4v) is 3.96. The molecule has 0 spiro atoms. The first-order valence-electron chi connectivity index (χ1n) is 10.8.